The summed E-state index contributed by atoms with van der Waals surface area (Å²) in [5.41, 5.74) is 21.4. The molecule has 1 aliphatic carbocycles. The molecule has 10 aromatic rings. The first-order chi connectivity index (χ1) is 32.1. The minimum absolute atomic E-state index is 0.0179. The van der Waals surface area contributed by atoms with E-state index in [4.69, 9.17) is 0 Å². The molecule has 3 heterocycles. The summed E-state index contributed by atoms with van der Waals surface area (Å²) in [6.45, 7) is 4.75. The number of nitrogens with one attached hydrogen (secondary N) is 2. The number of hydrogen-bond donors (Lipinski definition) is 2. The molecule has 65 heavy (non-hydrogen) atoms. The van der Waals surface area contributed by atoms with E-state index in [0.29, 0.717) is 0 Å². The van der Waals surface area contributed by atoms with Gasteiger partial charge < -0.3 is 5.32 Å². The third kappa shape index (κ3) is 6.09. The molecule has 13 rings (SSSR count). The van der Waals surface area contributed by atoms with E-state index in [1.54, 1.807) is 0 Å². The first-order valence-electron chi connectivity index (χ1n) is 22.7. The average molecular weight is 852 g/mol. The highest BCUT2D eigenvalue weighted by molar-refractivity contribution is 8.03. The number of thioether (sulfide) groups is 1. The maximum atomic E-state index is 4.17. The first-order valence-corrected chi connectivity index (χ1v) is 23.5. The number of benzene rings is 9. The maximum absolute atomic E-state index is 4.17. The van der Waals surface area contributed by atoms with Crippen LogP contribution in [0.5, 0.6) is 0 Å². The second kappa shape index (κ2) is 15.1. The highest BCUT2D eigenvalue weighted by Gasteiger charge is 2.39. The van der Waals surface area contributed by atoms with Crippen molar-refractivity contribution in [1.82, 2.24) is 15.2 Å². The van der Waals surface area contributed by atoms with E-state index in [0.717, 1.165) is 5.82 Å². The molecule has 310 valence electrons. The smallest absolute Gasteiger partial charge is 0.124 e. The van der Waals surface area contributed by atoms with Crippen LogP contribution in [-0.4, -0.2) is 4.57 Å². The predicted octanol–water partition coefficient (Wildman–Crippen LogP) is 15.8. The van der Waals surface area contributed by atoms with Crippen LogP contribution in [0, 0.1) is 6.92 Å². The van der Waals surface area contributed by atoms with Crippen molar-refractivity contribution in [3.05, 3.63) is 239 Å². The lowest BCUT2D eigenvalue weighted by Gasteiger charge is -2.35. The van der Waals surface area contributed by atoms with Crippen LogP contribution >= 0.6 is 11.8 Å². The molecule has 3 aliphatic rings. The lowest BCUT2D eigenvalue weighted by atomic mass is 9.76. The van der Waals surface area contributed by atoms with Gasteiger partial charge in [-0.05, 0) is 121 Å². The average Bonchev–Trinajstić information content (AvgIpc) is 3.91. The van der Waals surface area contributed by atoms with Crippen LogP contribution in [0.1, 0.15) is 52.9 Å². The van der Waals surface area contributed by atoms with Crippen molar-refractivity contribution in [2.75, 3.05) is 0 Å². The lowest BCUT2D eigenvalue weighted by Crippen LogP contribution is -2.41. The fraction of sp³-hybridized carbons (Fsp3) is 0.0820. The minimum Gasteiger partial charge on any atom is -0.351 e. The normalized spacial score (nSPS) is 17.2. The van der Waals surface area contributed by atoms with Gasteiger partial charge in [0.25, 0.3) is 0 Å². The van der Waals surface area contributed by atoms with Gasteiger partial charge in [0.05, 0.1) is 22.0 Å². The fourth-order valence-corrected chi connectivity index (χ4v) is 12.2. The van der Waals surface area contributed by atoms with Gasteiger partial charge in [-0.25, -0.2) is 0 Å². The van der Waals surface area contributed by atoms with Gasteiger partial charge in [0, 0.05) is 21.6 Å². The number of fused-ring (bicyclic) bond motifs is 13. The van der Waals surface area contributed by atoms with E-state index >= 15 is 0 Å². The van der Waals surface area contributed by atoms with Gasteiger partial charge in [-0.1, -0.05) is 195 Å². The molecule has 9 aromatic carbocycles. The molecular formula is C61H45N3S. The Labute approximate surface area is 384 Å². The molecule has 0 amide bonds. The zero-order valence-corrected chi connectivity index (χ0v) is 37.0. The molecule has 3 atom stereocenters. The van der Waals surface area contributed by atoms with Crippen LogP contribution in [0.4, 0.5) is 0 Å². The Hall–Kier alpha value is -7.37. The summed E-state index contributed by atoms with van der Waals surface area (Å²) in [5.74, 6) is 1.30. The summed E-state index contributed by atoms with van der Waals surface area (Å²) in [5, 5.41) is 10.8. The van der Waals surface area contributed by atoms with Crippen molar-refractivity contribution >= 4 is 39.4 Å². The largest absolute Gasteiger partial charge is 0.351 e. The molecule has 0 saturated carbocycles. The Balaban J connectivity index is 1.10. The van der Waals surface area contributed by atoms with Crippen LogP contribution in [-0.2, 0) is 0 Å². The maximum Gasteiger partial charge on any atom is 0.124 e. The van der Waals surface area contributed by atoms with Crippen molar-refractivity contribution < 1.29 is 0 Å². The van der Waals surface area contributed by atoms with Crippen LogP contribution in [0.2, 0.25) is 0 Å². The number of rotatable bonds is 5. The topological polar surface area (TPSA) is 29.0 Å². The summed E-state index contributed by atoms with van der Waals surface area (Å²) in [7, 11) is 0. The SMILES string of the molecule is Cc1c2cc3c(c1-c1ccccc1C(C)c1cc(-c4ccccc4)ccc1-2)c1cc(-c2ccccc2)ccc1n3C1=C2Sc3ccccc3[C@@H]2NC(c2ccc(-c3ccccc3)cc2)N1. The molecule has 2 N–H and O–H groups in total. The third-order valence-corrected chi connectivity index (χ3v) is 15.4. The summed E-state index contributed by atoms with van der Waals surface area (Å²) >= 11 is 1.89. The van der Waals surface area contributed by atoms with Gasteiger partial charge in [-0.3, -0.25) is 9.88 Å². The highest BCUT2D eigenvalue weighted by atomic mass is 32.2. The second-order valence-electron chi connectivity index (χ2n) is 17.7. The monoisotopic (exact) mass is 851 g/mol. The lowest BCUT2D eigenvalue weighted by molar-refractivity contribution is 0.431. The molecule has 3 nitrogen and oxygen atoms in total. The summed E-state index contributed by atoms with van der Waals surface area (Å²) < 4.78 is 2.57. The molecule has 2 aliphatic heterocycles. The fourth-order valence-electron chi connectivity index (χ4n) is 10.9. The summed E-state index contributed by atoms with van der Waals surface area (Å²) in [6, 6.07) is 76.3. The minimum atomic E-state index is -0.145. The number of nitrogens with zero attached hydrogens (tertiary/aromatic N) is 1. The van der Waals surface area contributed by atoms with Crippen molar-refractivity contribution in [3.8, 4) is 55.6 Å². The molecule has 2 unspecified atom stereocenters. The zero-order valence-electron chi connectivity index (χ0n) is 36.2. The summed E-state index contributed by atoms with van der Waals surface area (Å²) in [4.78, 5) is 2.58. The van der Waals surface area contributed by atoms with Crippen molar-refractivity contribution in [3.63, 3.8) is 0 Å². The van der Waals surface area contributed by atoms with E-state index in [1.165, 1.54) is 115 Å². The van der Waals surface area contributed by atoms with E-state index in [9.17, 15) is 0 Å². The van der Waals surface area contributed by atoms with Gasteiger partial charge in [0.2, 0.25) is 0 Å². The third-order valence-electron chi connectivity index (χ3n) is 14.2. The van der Waals surface area contributed by atoms with Crippen LogP contribution < -0.4 is 10.6 Å². The van der Waals surface area contributed by atoms with Gasteiger partial charge in [-0.15, -0.1) is 0 Å². The Morgan fingerprint density at radius 3 is 1.78 bits per heavy atom. The van der Waals surface area contributed by atoms with E-state index in [-0.39, 0.29) is 18.1 Å². The number of aromatic nitrogens is 1. The first kappa shape index (κ1) is 38.1. The summed E-state index contributed by atoms with van der Waals surface area (Å²) in [6.07, 6.45) is -0.145. The highest BCUT2D eigenvalue weighted by Crippen LogP contribution is 2.55. The van der Waals surface area contributed by atoms with Crippen LogP contribution in [0.15, 0.2) is 216 Å². The van der Waals surface area contributed by atoms with Gasteiger partial charge in [-0.2, -0.15) is 0 Å². The Morgan fingerprint density at radius 1 is 0.477 bits per heavy atom. The quantitative estimate of drug-likeness (QED) is 0.181. The molecule has 1 aromatic heterocycles. The predicted molar refractivity (Wildman–Crippen MR) is 273 cm³/mol. The molecular weight excluding hydrogens is 807 g/mol. The molecule has 0 spiro atoms. The van der Waals surface area contributed by atoms with Crippen LogP contribution in [0.3, 0.4) is 0 Å². The molecule has 4 heteroatoms. The Bertz CT molecular complexity index is 3530. The molecule has 0 fully saturated rings. The molecule has 0 radical (unpaired) electrons. The van der Waals surface area contributed by atoms with E-state index in [2.05, 4.69) is 235 Å². The van der Waals surface area contributed by atoms with Crippen molar-refractivity contribution in [2.45, 2.75) is 36.9 Å². The Morgan fingerprint density at radius 2 is 1.06 bits per heavy atom. The standard InChI is InChI=1S/C61H45N3S/c1-37-46-22-12-13-23-48(46)56-38(2)51(47-32-30-44(34-50(37)47)40-18-8-4-9-19-40)36-54-57(56)52-35-45(41-20-10-5-11-21-41)31-33-53(52)64(54)61-59-58(49-24-14-15-25-55(49)65-59)62-60(63-61)43-28-26-42(27-29-43)39-16-6-3-7-17-39/h3-37,58,60,62-63H,1-2H3/t37?,58-,60?/m0/s1. The molecule has 2 bridgehead atoms. The second-order valence-corrected chi connectivity index (χ2v) is 18.8. The van der Waals surface area contributed by atoms with Crippen molar-refractivity contribution in [1.29, 1.82) is 0 Å². The zero-order chi connectivity index (χ0) is 43.2. The van der Waals surface area contributed by atoms with Crippen molar-refractivity contribution in [2.24, 2.45) is 0 Å². The van der Waals surface area contributed by atoms with E-state index < -0.39 is 0 Å². The van der Waals surface area contributed by atoms with Crippen LogP contribution in [0.25, 0.3) is 83.3 Å². The number of hydrogen-bond acceptors (Lipinski definition) is 3. The van der Waals surface area contributed by atoms with Gasteiger partial charge >= 0.3 is 0 Å². The Kier molecular flexibility index (Phi) is 8.87. The van der Waals surface area contributed by atoms with Gasteiger partial charge in [0.15, 0.2) is 0 Å². The molecule has 0 saturated heterocycles. The van der Waals surface area contributed by atoms with E-state index in [1.807, 2.05) is 11.8 Å². The van der Waals surface area contributed by atoms with Gasteiger partial charge in [0.1, 0.15) is 12.0 Å².